The highest BCUT2D eigenvalue weighted by Crippen LogP contribution is 2.58. The molecule has 2 unspecified atom stereocenters. The van der Waals surface area contributed by atoms with Gasteiger partial charge in [0.1, 0.15) is 0 Å². The van der Waals surface area contributed by atoms with Crippen LogP contribution in [0.5, 0.6) is 0 Å². The maximum absolute atomic E-state index is 13.4. The minimum Gasteiger partial charge on any atom is -0.274 e. The maximum Gasteiger partial charge on any atom is 0.238 e. The number of carbonyl (C=O) groups excluding carboxylic acids is 4. The van der Waals surface area contributed by atoms with Crippen molar-refractivity contribution in [3.8, 4) is 0 Å². The lowest BCUT2D eigenvalue weighted by atomic mass is 9.54. The Morgan fingerprint density at radius 2 is 0.906 bits per heavy atom. The van der Waals surface area contributed by atoms with Gasteiger partial charge in [-0.25, -0.2) is 9.80 Å². The Balaban J connectivity index is 1.41. The highest BCUT2D eigenvalue weighted by atomic mass is 35.5. The molecule has 0 aromatic heterocycles. The first-order chi connectivity index (χ1) is 15.4. The van der Waals surface area contributed by atoms with Gasteiger partial charge in [0.15, 0.2) is 0 Å². The van der Waals surface area contributed by atoms with Crippen molar-refractivity contribution in [1.29, 1.82) is 0 Å². The molecule has 0 radical (unpaired) electrons. The molecule has 7 rings (SSSR count). The Bertz CT molecular complexity index is 1120. The van der Waals surface area contributed by atoms with Gasteiger partial charge in [-0.3, -0.25) is 19.2 Å². The summed E-state index contributed by atoms with van der Waals surface area (Å²) in [6.07, 6.45) is 3.68. The molecule has 2 aromatic rings. The summed E-state index contributed by atoms with van der Waals surface area (Å²) in [4.78, 5) is 56.0. The van der Waals surface area contributed by atoms with Crippen LogP contribution in [0.4, 0.5) is 11.4 Å². The molecule has 4 amide bonds. The molecule has 160 valence electrons. The van der Waals surface area contributed by atoms with Gasteiger partial charge in [-0.1, -0.05) is 47.5 Å². The topological polar surface area (TPSA) is 74.8 Å². The molecule has 0 N–H and O–H groups in total. The van der Waals surface area contributed by atoms with Crippen LogP contribution in [0.15, 0.2) is 60.7 Å². The summed E-state index contributed by atoms with van der Waals surface area (Å²) >= 11 is 12.2. The summed E-state index contributed by atoms with van der Waals surface area (Å²) in [6, 6.07) is 13.2. The molecule has 2 aliphatic heterocycles. The average molecular weight is 467 g/mol. The fourth-order valence-corrected chi connectivity index (χ4v) is 6.33. The van der Waals surface area contributed by atoms with Gasteiger partial charge in [0.05, 0.1) is 35.0 Å². The minimum absolute atomic E-state index is 0.346. The van der Waals surface area contributed by atoms with Crippen LogP contribution in [0.1, 0.15) is 0 Å². The molecule has 32 heavy (non-hydrogen) atoms. The van der Waals surface area contributed by atoms with Crippen molar-refractivity contribution in [2.45, 2.75) is 0 Å². The Hall–Kier alpha value is -2.96. The first-order valence-electron chi connectivity index (χ1n) is 10.3. The second-order valence-electron chi connectivity index (χ2n) is 8.63. The average Bonchev–Trinajstić information content (AvgIpc) is 3.21. The number of amides is 4. The summed E-state index contributed by atoms with van der Waals surface area (Å²) < 4.78 is 0. The number of halogens is 2. The van der Waals surface area contributed by atoms with Crippen molar-refractivity contribution in [3.05, 3.63) is 70.7 Å². The van der Waals surface area contributed by atoms with Gasteiger partial charge in [-0.15, -0.1) is 0 Å². The van der Waals surface area contributed by atoms with Crippen molar-refractivity contribution >= 4 is 58.2 Å². The van der Waals surface area contributed by atoms with Crippen molar-refractivity contribution in [3.63, 3.8) is 0 Å². The summed E-state index contributed by atoms with van der Waals surface area (Å²) in [7, 11) is 0. The van der Waals surface area contributed by atoms with E-state index in [2.05, 4.69) is 0 Å². The second kappa shape index (κ2) is 6.77. The molecule has 2 bridgehead atoms. The highest BCUT2D eigenvalue weighted by molar-refractivity contribution is 6.32. The van der Waals surface area contributed by atoms with Crippen LogP contribution in [-0.4, -0.2) is 23.6 Å². The number of anilines is 2. The molecule has 3 aliphatic carbocycles. The normalized spacial score (nSPS) is 32.7. The lowest BCUT2D eigenvalue weighted by Gasteiger charge is -2.44. The SMILES string of the molecule is O=C1[C@@H]2C3C=CC([C@@H]2C(=O)N1c1cccc(Cl)c1)[C@@H]1C(=O)N(c2cccc(Cl)c2)C(=O)[C@@H]31. The van der Waals surface area contributed by atoms with E-state index in [0.717, 1.165) is 0 Å². The molecule has 6 atom stereocenters. The van der Waals surface area contributed by atoms with E-state index >= 15 is 0 Å². The number of carbonyl (C=O) groups is 4. The van der Waals surface area contributed by atoms with Crippen molar-refractivity contribution < 1.29 is 19.2 Å². The number of nitrogens with zero attached hydrogens (tertiary/aromatic N) is 2. The van der Waals surface area contributed by atoms with E-state index < -0.39 is 35.5 Å². The largest absolute Gasteiger partial charge is 0.274 e. The Morgan fingerprint density at radius 1 is 0.562 bits per heavy atom. The lowest BCUT2D eigenvalue weighted by molar-refractivity contribution is -0.137. The molecule has 2 heterocycles. The molecule has 0 spiro atoms. The molecule has 6 nitrogen and oxygen atoms in total. The number of allylic oxidation sites excluding steroid dienone is 2. The van der Waals surface area contributed by atoms with Crippen LogP contribution >= 0.6 is 23.2 Å². The van der Waals surface area contributed by atoms with Gasteiger partial charge < -0.3 is 0 Å². The molecule has 1 saturated carbocycles. The zero-order valence-electron chi connectivity index (χ0n) is 16.5. The first-order valence-corrected chi connectivity index (χ1v) is 11.1. The standard InChI is InChI=1S/C24H16Cl2N2O4/c25-11-3-1-5-13(9-11)27-21(29)17-15-7-8-16(18(17)22(27)30)20-19(15)23(31)28(24(20)32)14-6-2-4-12(26)10-14/h1-10,15-20H/t15?,16?,17-,18-,19-,20+/m0/s1. The molecule has 5 aliphatic rings. The molecule has 2 aromatic carbocycles. The predicted octanol–water partition coefficient (Wildman–Crippen LogP) is 3.72. The summed E-state index contributed by atoms with van der Waals surface area (Å²) in [5.41, 5.74) is 0.814. The third kappa shape index (κ3) is 2.48. The molecular formula is C24H16Cl2N2O4. The third-order valence-corrected chi connectivity index (χ3v) is 7.61. The van der Waals surface area contributed by atoms with Gasteiger partial charge in [0.2, 0.25) is 23.6 Å². The quantitative estimate of drug-likeness (QED) is 0.499. The van der Waals surface area contributed by atoms with Crippen molar-refractivity contribution in [1.82, 2.24) is 0 Å². The van der Waals surface area contributed by atoms with Crippen molar-refractivity contribution in [2.75, 3.05) is 9.80 Å². The molecule has 3 fully saturated rings. The van der Waals surface area contributed by atoms with Crippen molar-refractivity contribution in [2.24, 2.45) is 35.5 Å². The number of benzene rings is 2. The van der Waals surface area contributed by atoms with Crippen LogP contribution in [-0.2, 0) is 19.2 Å². The maximum atomic E-state index is 13.4. The zero-order valence-corrected chi connectivity index (χ0v) is 18.0. The fraction of sp³-hybridized carbons (Fsp3) is 0.250. The first kappa shape index (κ1) is 19.7. The van der Waals surface area contributed by atoms with E-state index in [9.17, 15) is 19.2 Å². The number of hydrogen-bond donors (Lipinski definition) is 0. The van der Waals surface area contributed by atoms with Crippen LogP contribution in [0.2, 0.25) is 10.0 Å². The van der Waals surface area contributed by atoms with Gasteiger partial charge in [-0.2, -0.15) is 0 Å². The summed E-state index contributed by atoms with van der Waals surface area (Å²) in [5, 5.41) is 0.830. The van der Waals surface area contributed by atoms with E-state index in [4.69, 9.17) is 23.2 Å². The van der Waals surface area contributed by atoms with E-state index in [0.29, 0.717) is 21.4 Å². The Kier molecular flexibility index (Phi) is 4.17. The number of hydrogen-bond acceptors (Lipinski definition) is 4. The monoisotopic (exact) mass is 466 g/mol. The number of imide groups is 2. The molecular weight excluding hydrogens is 451 g/mol. The smallest absolute Gasteiger partial charge is 0.238 e. The van der Waals surface area contributed by atoms with Crippen LogP contribution in [0.25, 0.3) is 0 Å². The van der Waals surface area contributed by atoms with E-state index in [-0.39, 0.29) is 23.6 Å². The highest BCUT2D eigenvalue weighted by Gasteiger charge is 2.68. The van der Waals surface area contributed by atoms with E-state index in [1.165, 1.54) is 9.80 Å². The van der Waals surface area contributed by atoms with Gasteiger partial charge in [-0.05, 0) is 36.4 Å². The van der Waals surface area contributed by atoms with Crippen LogP contribution in [0, 0.1) is 35.5 Å². The number of rotatable bonds is 2. The molecule has 8 heteroatoms. The van der Waals surface area contributed by atoms with E-state index in [1.807, 2.05) is 12.2 Å². The third-order valence-electron chi connectivity index (χ3n) is 7.14. The summed E-state index contributed by atoms with van der Waals surface area (Å²) in [6.45, 7) is 0. The van der Waals surface area contributed by atoms with Gasteiger partial charge in [0.25, 0.3) is 0 Å². The van der Waals surface area contributed by atoms with Crippen LogP contribution < -0.4 is 9.80 Å². The van der Waals surface area contributed by atoms with E-state index in [1.54, 1.807) is 48.5 Å². The zero-order chi connectivity index (χ0) is 22.3. The summed E-state index contributed by atoms with van der Waals surface area (Å²) in [5.74, 6) is -5.11. The van der Waals surface area contributed by atoms with Gasteiger partial charge >= 0.3 is 0 Å². The predicted molar refractivity (Wildman–Crippen MR) is 118 cm³/mol. The van der Waals surface area contributed by atoms with Crippen LogP contribution in [0.3, 0.4) is 0 Å². The Labute approximate surface area is 193 Å². The molecule has 2 saturated heterocycles. The second-order valence-corrected chi connectivity index (χ2v) is 9.50. The minimum atomic E-state index is -0.672. The lowest BCUT2D eigenvalue weighted by Crippen LogP contribution is -2.50. The van der Waals surface area contributed by atoms with Gasteiger partial charge in [0, 0.05) is 21.9 Å². The Morgan fingerprint density at radius 3 is 1.22 bits per heavy atom. The fourth-order valence-electron chi connectivity index (χ4n) is 5.97.